The molecule has 0 unspecified atom stereocenters. The van der Waals surface area contributed by atoms with E-state index in [0.29, 0.717) is 5.56 Å². The second-order valence-electron chi connectivity index (χ2n) is 4.38. The van der Waals surface area contributed by atoms with E-state index in [1.165, 1.54) is 12.1 Å². The number of nitrogens with zero attached hydrogens (tertiary/aromatic N) is 2. The minimum Gasteiger partial charge on any atom is -0.508 e. The fraction of sp³-hybridized carbons (Fsp3) is 0.231. The van der Waals surface area contributed by atoms with E-state index < -0.39 is 0 Å². The highest BCUT2D eigenvalue weighted by molar-refractivity contribution is 8.14. The van der Waals surface area contributed by atoms with Gasteiger partial charge in [0.15, 0.2) is 0 Å². The van der Waals surface area contributed by atoms with Crippen molar-refractivity contribution in [2.24, 2.45) is 4.99 Å². The highest BCUT2D eigenvalue weighted by atomic mass is 32.2. The minimum atomic E-state index is 0.0249. The Morgan fingerprint density at radius 3 is 2.89 bits per heavy atom. The van der Waals surface area contributed by atoms with E-state index in [4.69, 9.17) is 0 Å². The second-order valence-corrected chi connectivity index (χ2v) is 5.59. The number of hydrogen-bond donors (Lipinski definition) is 3. The van der Waals surface area contributed by atoms with Gasteiger partial charge in [0.05, 0.1) is 23.0 Å². The van der Waals surface area contributed by atoms with Crippen LogP contribution in [0.2, 0.25) is 0 Å². The maximum atomic E-state index is 9.93. The van der Waals surface area contributed by atoms with Crippen molar-refractivity contribution in [1.29, 1.82) is 0 Å². The molecule has 1 atom stereocenters. The van der Waals surface area contributed by atoms with Crippen LogP contribution >= 0.6 is 11.8 Å². The topological polar surface area (TPSA) is 81.5 Å². The molecule has 3 N–H and O–H groups in total. The third-order valence-electron chi connectivity index (χ3n) is 3.07. The minimum absolute atomic E-state index is 0.0249. The molecule has 98 valence electrons. The van der Waals surface area contributed by atoms with Gasteiger partial charge in [-0.3, -0.25) is 10.1 Å². The summed E-state index contributed by atoms with van der Waals surface area (Å²) >= 11 is 1.72. The summed E-state index contributed by atoms with van der Waals surface area (Å²) in [5.41, 5.74) is 2.34. The molecule has 0 spiro atoms. The molecule has 0 amide bonds. The van der Waals surface area contributed by atoms with Crippen molar-refractivity contribution < 1.29 is 10.2 Å². The number of phenolic OH excluding ortho intramolecular Hbond substituents is 2. The summed E-state index contributed by atoms with van der Waals surface area (Å²) in [5.74, 6) is 0.946. The predicted octanol–water partition coefficient (Wildman–Crippen LogP) is 2.69. The molecule has 0 saturated heterocycles. The molecule has 2 heterocycles. The third-order valence-corrected chi connectivity index (χ3v) is 4.07. The Labute approximate surface area is 114 Å². The quantitative estimate of drug-likeness (QED) is 0.787. The fourth-order valence-electron chi connectivity index (χ4n) is 2.15. The van der Waals surface area contributed by atoms with Gasteiger partial charge >= 0.3 is 0 Å². The van der Waals surface area contributed by atoms with E-state index in [0.717, 1.165) is 22.1 Å². The number of aromatic hydroxyl groups is 2. The zero-order valence-corrected chi connectivity index (χ0v) is 11.1. The van der Waals surface area contributed by atoms with E-state index >= 15 is 0 Å². The van der Waals surface area contributed by atoms with E-state index in [1.807, 2.05) is 6.92 Å². The summed E-state index contributed by atoms with van der Waals surface area (Å²) in [6, 6.07) is 4.59. The SMILES string of the molecule is CC1=N[C@H](c2cn[nH]c2-c2ccc(O)cc2O)CS1. The number of benzene rings is 1. The first-order chi connectivity index (χ1) is 9.15. The Morgan fingerprint density at radius 1 is 1.37 bits per heavy atom. The van der Waals surface area contributed by atoms with Crippen molar-refractivity contribution in [2.75, 3.05) is 5.75 Å². The molecule has 0 radical (unpaired) electrons. The standard InChI is InChI=1S/C13H13N3O2S/c1-7-15-11(6-19-7)10-5-14-16-13(10)9-3-2-8(17)4-12(9)18/h2-5,11,17-18H,6H2,1H3,(H,14,16)/t11-/m0/s1. The van der Waals surface area contributed by atoms with Crippen LogP contribution in [0.25, 0.3) is 11.3 Å². The number of aromatic nitrogens is 2. The van der Waals surface area contributed by atoms with E-state index in [1.54, 1.807) is 24.0 Å². The molecule has 0 fully saturated rings. The highest BCUT2D eigenvalue weighted by Gasteiger charge is 2.23. The smallest absolute Gasteiger partial charge is 0.128 e. The molecule has 1 aliphatic heterocycles. The molecular formula is C13H13N3O2S. The lowest BCUT2D eigenvalue weighted by Crippen LogP contribution is -1.95. The molecule has 3 rings (SSSR count). The van der Waals surface area contributed by atoms with Gasteiger partial charge in [0, 0.05) is 22.9 Å². The van der Waals surface area contributed by atoms with Crippen LogP contribution < -0.4 is 0 Å². The van der Waals surface area contributed by atoms with Crippen molar-refractivity contribution in [3.8, 4) is 22.8 Å². The van der Waals surface area contributed by atoms with Gasteiger partial charge in [-0.1, -0.05) is 0 Å². The number of rotatable bonds is 2. The van der Waals surface area contributed by atoms with Crippen LogP contribution in [-0.2, 0) is 0 Å². The summed E-state index contributed by atoms with van der Waals surface area (Å²) in [5, 5.41) is 27.3. The summed E-state index contributed by atoms with van der Waals surface area (Å²) in [7, 11) is 0. The molecule has 19 heavy (non-hydrogen) atoms. The van der Waals surface area contributed by atoms with Crippen molar-refractivity contribution >= 4 is 16.8 Å². The molecule has 0 bridgehead atoms. The van der Waals surface area contributed by atoms with Crippen LogP contribution in [0.1, 0.15) is 18.5 Å². The molecule has 0 saturated carbocycles. The van der Waals surface area contributed by atoms with Crippen LogP contribution in [0.3, 0.4) is 0 Å². The van der Waals surface area contributed by atoms with Crippen LogP contribution in [0, 0.1) is 0 Å². The number of phenols is 2. The van der Waals surface area contributed by atoms with Gasteiger partial charge in [-0.2, -0.15) is 5.10 Å². The summed E-state index contributed by atoms with van der Waals surface area (Å²) in [4.78, 5) is 4.55. The van der Waals surface area contributed by atoms with E-state index in [9.17, 15) is 10.2 Å². The number of hydrogen-bond acceptors (Lipinski definition) is 5. The Kier molecular flexibility index (Phi) is 2.94. The molecule has 1 aromatic heterocycles. The van der Waals surface area contributed by atoms with Gasteiger partial charge in [-0.05, 0) is 19.1 Å². The average Bonchev–Trinajstić information content (AvgIpc) is 2.97. The number of H-pyrrole nitrogens is 1. The number of aliphatic imine (C=N–C) groups is 1. The zero-order valence-electron chi connectivity index (χ0n) is 10.3. The lowest BCUT2D eigenvalue weighted by atomic mass is 10.0. The molecule has 1 aliphatic rings. The lowest BCUT2D eigenvalue weighted by Gasteiger charge is -2.09. The third kappa shape index (κ3) is 2.19. The van der Waals surface area contributed by atoms with Crippen LogP contribution in [0.15, 0.2) is 29.4 Å². The first-order valence-corrected chi connectivity index (χ1v) is 6.86. The van der Waals surface area contributed by atoms with Crippen LogP contribution in [-0.4, -0.2) is 31.2 Å². The van der Waals surface area contributed by atoms with Gasteiger partial charge in [0.2, 0.25) is 0 Å². The number of nitrogens with one attached hydrogen (secondary N) is 1. The Bertz CT molecular complexity index is 651. The van der Waals surface area contributed by atoms with Crippen molar-refractivity contribution in [3.63, 3.8) is 0 Å². The summed E-state index contributed by atoms with van der Waals surface area (Å²) in [6.07, 6.45) is 1.74. The Hall–Kier alpha value is -1.95. The van der Waals surface area contributed by atoms with Crippen molar-refractivity contribution in [1.82, 2.24) is 10.2 Å². The maximum Gasteiger partial charge on any atom is 0.128 e. The van der Waals surface area contributed by atoms with Crippen molar-refractivity contribution in [3.05, 3.63) is 30.0 Å². The largest absolute Gasteiger partial charge is 0.508 e. The maximum absolute atomic E-state index is 9.93. The van der Waals surface area contributed by atoms with E-state index in [-0.39, 0.29) is 17.5 Å². The molecule has 6 heteroatoms. The van der Waals surface area contributed by atoms with Gasteiger partial charge < -0.3 is 10.2 Å². The monoisotopic (exact) mass is 275 g/mol. The second kappa shape index (κ2) is 4.62. The lowest BCUT2D eigenvalue weighted by molar-refractivity contribution is 0.451. The predicted molar refractivity (Wildman–Crippen MR) is 75.7 cm³/mol. The van der Waals surface area contributed by atoms with Gasteiger partial charge in [-0.25, -0.2) is 0 Å². The Morgan fingerprint density at radius 2 is 2.21 bits per heavy atom. The van der Waals surface area contributed by atoms with E-state index in [2.05, 4.69) is 15.2 Å². The van der Waals surface area contributed by atoms with Gasteiger partial charge in [0.1, 0.15) is 11.5 Å². The fourth-order valence-corrected chi connectivity index (χ4v) is 3.00. The molecule has 0 aliphatic carbocycles. The number of aromatic amines is 1. The normalized spacial score (nSPS) is 18.6. The molecule has 5 nitrogen and oxygen atoms in total. The molecule has 2 aromatic rings. The molecular weight excluding hydrogens is 262 g/mol. The number of thioether (sulfide) groups is 1. The summed E-state index contributed by atoms with van der Waals surface area (Å²) < 4.78 is 0. The van der Waals surface area contributed by atoms with Gasteiger partial charge in [0.25, 0.3) is 0 Å². The first kappa shape index (κ1) is 12.1. The zero-order chi connectivity index (χ0) is 13.4. The molecule has 1 aromatic carbocycles. The highest BCUT2D eigenvalue weighted by Crippen LogP contribution is 2.38. The van der Waals surface area contributed by atoms with Gasteiger partial charge in [-0.15, -0.1) is 11.8 Å². The van der Waals surface area contributed by atoms with Crippen LogP contribution in [0.4, 0.5) is 0 Å². The first-order valence-electron chi connectivity index (χ1n) is 5.88. The Balaban J connectivity index is 2.05. The average molecular weight is 275 g/mol. The summed E-state index contributed by atoms with van der Waals surface area (Å²) in [6.45, 7) is 1.99. The van der Waals surface area contributed by atoms with Crippen LogP contribution in [0.5, 0.6) is 11.5 Å². The van der Waals surface area contributed by atoms with Crippen molar-refractivity contribution in [2.45, 2.75) is 13.0 Å².